The topological polar surface area (TPSA) is 76.7 Å². The summed E-state index contributed by atoms with van der Waals surface area (Å²) in [6, 6.07) is 3.70. The van der Waals surface area contributed by atoms with Gasteiger partial charge in [-0.2, -0.15) is 13.2 Å². The lowest BCUT2D eigenvalue weighted by atomic mass is 10.1. The Labute approximate surface area is 135 Å². The van der Waals surface area contributed by atoms with Crippen molar-refractivity contribution < 1.29 is 36.6 Å². The van der Waals surface area contributed by atoms with E-state index >= 15 is 0 Å². The Hall–Kier alpha value is -2.52. The summed E-state index contributed by atoms with van der Waals surface area (Å²) in [7, 11) is 0.727. The monoisotopic (exact) mass is 352 g/mol. The third-order valence-corrected chi connectivity index (χ3v) is 2.73. The number of hydrogen-bond acceptors (Lipinski definition) is 5. The van der Waals surface area contributed by atoms with Crippen molar-refractivity contribution in [1.29, 1.82) is 0 Å². The molecule has 24 heavy (non-hydrogen) atoms. The molecule has 1 atom stereocenters. The van der Waals surface area contributed by atoms with Crippen LogP contribution in [0, 0.1) is 5.82 Å². The molecule has 0 heterocycles. The number of halogens is 4. The molecule has 0 bridgehead atoms. The fourth-order valence-electron chi connectivity index (χ4n) is 1.69. The highest BCUT2D eigenvalue weighted by molar-refractivity contribution is 5.89. The first kappa shape index (κ1) is 19.5. The molecular formula is C14H16F4N2O4. The molecule has 0 radical (unpaired) electrons. The van der Waals surface area contributed by atoms with Crippen molar-refractivity contribution in [2.75, 3.05) is 12.4 Å². The molecule has 6 nitrogen and oxygen atoms in total. The number of benzene rings is 1. The van der Waals surface area contributed by atoms with E-state index in [1.54, 1.807) is 0 Å². The number of rotatable bonds is 5. The van der Waals surface area contributed by atoms with Gasteiger partial charge in [0.2, 0.25) is 0 Å². The Kier molecular flexibility index (Phi) is 5.99. The van der Waals surface area contributed by atoms with Crippen molar-refractivity contribution in [1.82, 2.24) is 5.32 Å². The van der Waals surface area contributed by atoms with Crippen LogP contribution in [-0.4, -0.2) is 37.1 Å². The van der Waals surface area contributed by atoms with E-state index in [9.17, 15) is 27.2 Å². The Balaban J connectivity index is 3.28. The van der Waals surface area contributed by atoms with Crippen LogP contribution in [0.4, 0.5) is 28.0 Å². The van der Waals surface area contributed by atoms with Crippen LogP contribution in [0.5, 0.6) is 0 Å². The van der Waals surface area contributed by atoms with E-state index in [0.717, 1.165) is 31.4 Å². The Morgan fingerprint density at radius 2 is 1.67 bits per heavy atom. The van der Waals surface area contributed by atoms with Gasteiger partial charge in [0, 0.05) is 5.69 Å². The molecule has 0 saturated carbocycles. The van der Waals surface area contributed by atoms with Crippen molar-refractivity contribution in [2.45, 2.75) is 31.8 Å². The van der Waals surface area contributed by atoms with Crippen molar-refractivity contribution in [3.8, 4) is 0 Å². The van der Waals surface area contributed by atoms with E-state index in [2.05, 4.69) is 9.47 Å². The van der Waals surface area contributed by atoms with Crippen LogP contribution in [0.2, 0.25) is 0 Å². The van der Waals surface area contributed by atoms with Crippen LogP contribution in [0.1, 0.15) is 13.8 Å². The number of hydrogen-bond donors (Lipinski definition) is 2. The van der Waals surface area contributed by atoms with Gasteiger partial charge < -0.3 is 14.8 Å². The maximum absolute atomic E-state index is 13.6. The first-order valence-corrected chi connectivity index (χ1v) is 6.69. The van der Waals surface area contributed by atoms with Crippen molar-refractivity contribution >= 4 is 17.7 Å². The second-order valence-electron chi connectivity index (χ2n) is 4.95. The second-order valence-corrected chi connectivity index (χ2v) is 4.95. The molecule has 0 aliphatic heterocycles. The Bertz CT molecular complexity index is 589. The van der Waals surface area contributed by atoms with Gasteiger partial charge in [-0.3, -0.25) is 5.32 Å². The minimum Gasteiger partial charge on any atom is -0.466 e. The van der Waals surface area contributed by atoms with E-state index < -0.39 is 35.8 Å². The summed E-state index contributed by atoms with van der Waals surface area (Å²) in [6.45, 7) is 2.83. The number of alkyl carbamates (subject to hydrolysis) is 1. The lowest BCUT2D eigenvalue weighted by molar-refractivity contribution is -0.204. The van der Waals surface area contributed by atoms with Crippen LogP contribution >= 0.6 is 0 Å². The zero-order valence-corrected chi connectivity index (χ0v) is 13.0. The summed E-state index contributed by atoms with van der Waals surface area (Å²) in [5.41, 5.74) is -3.88. The molecule has 2 N–H and O–H groups in total. The van der Waals surface area contributed by atoms with Crippen LogP contribution in [0.3, 0.4) is 0 Å². The van der Waals surface area contributed by atoms with Crippen molar-refractivity contribution in [2.24, 2.45) is 0 Å². The molecule has 1 amide bonds. The summed E-state index contributed by atoms with van der Waals surface area (Å²) in [4.78, 5) is 23.5. The molecule has 134 valence electrons. The van der Waals surface area contributed by atoms with Gasteiger partial charge in [0.25, 0.3) is 0 Å². The van der Waals surface area contributed by atoms with Gasteiger partial charge in [0.1, 0.15) is 5.82 Å². The number of nitrogens with one attached hydrogen (secondary N) is 2. The fraction of sp³-hybridized carbons (Fsp3) is 0.429. The average molecular weight is 352 g/mol. The molecule has 10 heteroatoms. The number of alkyl halides is 3. The smallest absolute Gasteiger partial charge is 0.442 e. The largest absolute Gasteiger partial charge is 0.466 e. The van der Waals surface area contributed by atoms with Crippen LogP contribution in [0.25, 0.3) is 0 Å². The Morgan fingerprint density at radius 1 is 1.12 bits per heavy atom. The van der Waals surface area contributed by atoms with E-state index in [1.165, 1.54) is 19.2 Å². The fourth-order valence-corrected chi connectivity index (χ4v) is 1.69. The molecule has 1 rings (SSSR count). The molecule has 1 unspecified atom stereocenters. The average Bonchev–Trinajstić information content (AvgIpc) is 2.45. The lowest BCUT2D eigenvalue weighted by Gasteiger charge is -2.34. The van der Waals surface area contributed by atoms with Gasteiger partial charge in [0.05, 0.1) is 13.2 Å². The first-order chi connectivity index (χ1) is 11.0. The highest BCUT2D eigenvalue weighted by atomic mass is 19.4. The van der Waals surface area contributed by atoms with E-state index in [-0.39, 0.29) is 5.69 Å². The summed E-state index contributed by atoms with van der Waals surface area (Å²) in [6.07, 6.45) is -7.49. The number of carbonyl (C=O) groups is 2. The molecule has 1 aromatic rings. The SMILES string of the molecule is COC(=O)C(NC(=O)OC(C)C)(Nc1ccc(F)cc1)C(F)(F)F. The summed E-state index contributed by atoms with van der Waals surface area (Å²) in [5, 5.41) is 3.29. The highest BCUT2D eigenvalue weighted by Crippen LogP contribution is 2.33. The number of anilines is 1. The molecule has 0 aromatic heterocycles. The van der Waals surface area contributed by atoms with Crippen LogP contribution in [0.15, 0.2) is 24.3 Å². The van der Waals surface area contributed by atoms with Gasteiger partial charge in [-0.25, -0.2) is 14.0 Å². The number of carbonyl (C=O) groups excluding carboxylic acids is 2. The van der Waals surface area contributed by atoms with Gasteiger partial charge in [0.15, 0.2) is 0 Å². The predicted molar refractivity (Wildman–Crippen MR) is 75.6 cm³/mol. The zero-order valence-electron chi connectivity index (χ0n) is 13.0. The van der Waals surface area contributed by atoms with Crippen molar-refractivity contribution in [3.63, 3.8) is 0 Å². The molecule has 0 spiro atoms. The molecule has 0 saturated heterocycles. The van der Waals surface area contributed by atoms with Crippen molar-refractivity contribution in [3.05, 3.63) is 30.1 Å². The maximum atomic E-state index is 13.6. The van der Waals surface area contributed by atoms with Gasteiger partial charge in [-0.15, -0.1) is 0 Å². The zero-order chi connectivity index (χ0) is 18.5. The standard InChI is InChI=1S/C14H16F4N2O4/c1-8(2)24-12(22)20-13(11(21)23-3,14(16,17)18)19-10-6-4-9(15)5-7-10/h4-8,19H,1-3H3,(H,20,22). The molecule has 0 aliphatic carbocycles. The predicted octanol–water partition coefficient (Wildman–Crippen LogP) is 2.80. The second kappa shape index (κ2) is 7.37. The molecule has 0 fully saturated rings. The number of ether oxygens (including phenoxy) is 2. The number of amides is 1. The van der Waals surface area contributed by atoms with Gasteiger partial charge in [-0.05, 0) is 38.1 Å². The molecule has 1 aromatic carbocycles. The highest BCUT2D eigenvalue weighted by Gasteiger charge is 2.64. The van der Waals surface area contributed by atoms with E-state index in [0.29, 0.717) is 0 Å². The third-order valence-electron chi connectivity index (χ3n) is 2.73. The lowest BCUT2D eigenvalue weighted by Crippen LogP contribution is -2.69. The normalized spacial score (nSPS) is 13.8. The van der Waals surface area contributed by atoms with Crippen LogP contribution in [-0.2, 0) is 14.3 Å². The summed E-state index contributed by atoms with van der Waals surface area (Å²) in [5.74, 6) is -2.51. The number of methoxy groups -OCH3 is 1. The van der Waals surface area contributed by atoms with Crippen LogP contribution < -0.4 is 10.6 Å². The molecule has 0 aliphatic rings. The van der Waals surface area contributed by atoms with Gasteiger partial charge >= 0.3 is 23.9 Å². The number of esters is 1. The third kappa shape index (κ3) is 4.49. The van der Waals surface area contributed by atoms with Gasteiger partial charge in [-0.1, -0.05) is 0 Å². The minimum absolute atomic E-state index is 0.274. The first-order valence-electron chi connectivity index (χ1n) is 6.69. The summed E-state index contributed by atoms with van der Waals surface area (Å²) < 4.78 is 62.4. The van der Waals surface area contributed by atoms with E-state index in [4.69, 9.17) is 0 Å². The quantitative estimate of drug-likeness (QED) is 0.484. The maximum Gasteiger partial charge on any atom is 0.442 e. The van der Waals surface area contributed by atoms with E-state index in [1.807, 2.05) is 5.32 Å². The Morgan fingerprint density at radius 3 is 2.08 bits per heavy atom. The minimum atomic E-state index is -5.29. The molecular weight excluding hydrogens is 336 g/mol. The summed E-state index contributed by atoms with van der Waals surface area (Å²) >= 11 is 0.